The largest absolute Gasteiger partial charge is 0.477 e. The Hall–Kier alpha value is -2.54. The maximum absolute atomic E-state index is 12.8. The van der Waals surface area contributed by atoms with Gasteiger partial charge in [-0.3, -0.25) is 4.79 Å². The van der Waals surface area contributed by atoms with Crippen LogP contribution in [0.3, 0.4) is 0 Å². The summed E-state index contributed by atoms with van der Waals surface area (Å²) in [6.45, 7) is 0. The monoisotopic (exact) mass is 383 g/mol. The first-order valence-corrected chi connectivity index (χ1v) is 8.01. The highest BCUT2D eigenvalue weighted by atomic mass is 35.5. The van der Waals surface area contributed by atoms with Crippen molar-refractivity contribution in [1.29, 1.82) is 0 Å². The van der Waals surface area contributed by atoms with E-state index in [0.717, 1.165) is 12.1 Å². The maximum Gasteiger partial charge on any atom is 0.416 e. The van der Waals surface area contributed by atoms with Crippen molar-refractivity contribution in [2.24, 2.45) is 0 Å². The van der Waals surface area contributed by atoms with Gasteiger partial charge in [0.15, 0.2) is 5.78 Å². The van der Waals surface area contributed by atoms with Crippen LogP contribution in [-0.2, 0) is 15.8 Å². The zero-order valence-electron chi connectivity index (χ0n) is 13.5. The first-order chi connectivity index (χ1) is 12.1. The lowest BCUT2D eigenvalue weighted by Crippen LogP contribution is -2.29. The molecule has 0 radical (unpaired) electrons. The molecule has 0 amide bonds. The number of fused-ring (bicyclic) bond motifs is 1. The van der Waals surface area contributed by atoms with Crippen LogP contribution >= 0.6 is 11.6 Å². The van der Waals surface area contributed by atoms with Gasteiger partial charge in [-0.2, -0.15) is 13.2 Å². The van der Waals surface area contributed by atoms with E-state index in [-0.39, 0.29) is 23.5 Å². The minimum atomic E-state index is -4.49. The standard InChI is InChI=1S/C18H13ClF3NO3/c1-23-8-10-6-14(24)13(19)7-12(10)15(16(23)17(25)26)9-2-4-11(5-3-9)18(20,21)22/h2-5,7-8,13H,6H2,1H3,(H,25,26). The van der Waals surface area contributed by atoms with Crippen LogP contribution in [0, 0.1) is 0 Å². The van der Waals surface area contributed by atoms with Crippen molar-refractivity contribution in [3.05, 3.63) is 64.5 Å². The van der Waals surface area contributed by atoms with Gasteiger partial charge in [-0.25, -0.2) is 4.79 Å². The predicted octanol–water partition coefficient (Wildman–Crippen LogP) is 3.84. The quantitative estimate of drug-likeness (QED) is 0.788. The Kier molecular flexibility index (Phi) is 4.44. The molecule has 1 atom stereocenters. The molecular formula is C18H13ClF3NO3. The number of allylic oxidation sites excluding steroid dienone is 4. The number of aliphatic carboxylic acids is 1. The topological polar surface area (TPSA) is 57.6 Å². The van der Waals surface area contributed by atoms with Crippen LogP contribution in [0.4, 0.5) is 13.2 Å². The molecule has 8 heteroatoms. The van der Waals surface area contributed by atoms with Gasteiger partial charge in [-0.1, -0.05) is 18.2 Å². The van der Waals surface area contributed by atoms with E-state index < -0.39 is 23.1 Å². The van der Waals surface area contributed by atoms with Gasteiger partial charge >= 0.3 is 12.1 Å². The third-order valence-corrected chi connectivity index (χ3v) is 4.61. The Morgan fingerprint density at radius 3 is 2.42 bits per heavy atom. The average Bonchev–Trinajstić information content (AvgIpc) is 2.54. The van der Waals surface area contributed by atoms with E-state index in [9.17, 15) is 27.9 Å². The molecule has 1 aromatic carbocycles. The summed E-state index contributed by atoms with van der Waals surface area (Å²) in [5.74, 6) is -1.46. The van der Waals surface area contributed by atoms with Gasteiger partial charge in [0.05, 0.1) is 5.56 Å². The zero-order chi connectivity index (χ0) is 19.2. The molecule has 0 spiro atoms. The minimum absolute atomic E-state index is 0.0291. The van der Waals surface area contributed by atoms with Crippen molar-refractivity contribution in [2.45, 2.75) is 18.0 Å². The van der Waals surface area contributed by atoms with Crippen LogP contribution in [0.2, 0.25) is 0 Å². The number of nitrogens with zero attached hydrogens (tertiary/aromatic N) is 1. The maximum atomic E-state index is 12.8. The summed E-state index contributed by atoms with van der Waals surface area (Å²) in [5, 5.41) is 8.68. The number of likely N-dealkylation sites (N-methyl/N-ethyl adjacent to an activating group) is 1. The fourth-order valence-electron chi connectivity index (χ4n) is 3.06. The Morgan fingerprint density at radius 2 is 1.88 bits per heavy atom. The van der Waals surface area contributed by atoms with Crippen molar-refractivity contribution >= 4 is 28.9 Å². The summed E-state index contributed by atoms with van der Waals surface area (Å²) in [4.78, 5) is 25.0. The van der Waals surface area contributed by atoms with Crippen LogP contribution in [-0.4, -0.2) is 34.2 Å². The van der Waals surface area contributed by atoms with Gasteiger partial charge in [0.1, 0.15) is 11.1 Å². The summed E-state index contributed by atoms with van der Waals surface area (Å²) < 4.78 is 38.4. The number of hydrogen-bond acceptors (Lipinski definition) is 3. The molecule has 1 N–H and O–H groups in total. The molecule has 0 saturated heterocycles. The number of Topliss-reactive ketones (excluding diaryl/α,β-unsaturated/α-hetero) is 1. The lowest BCUT2D eigenvalue weighted by molar-refractivity contribution is -0.137. The van der Waals surface area contributed by atoms with Crippen LogP contribution in [0.15, 0.2) is 53.4 Å². The summed E-state index contributed by atoms with van der Waals surface area (Å²) in [7, 11) is 1.51. The first kappa shape index (κ1) is 18.3. The second kappa shape index (κ2) is 6.32. The van der Waals surface area contributed by atoms with Crippen molar-refractivity contribution in [3.8, 4) is 0 Å². The normalized spacial score (nSPS) is 20.6. The molecule has 1 aliphatic carbocycles. The molecule has 1 aromatic rings. The van der Waals surface area contributed by atoms with Gasteiger partial charge in [0, 0.05) is 25.2 Å². The van der Waals surface area contributed by atoms with Crippen LogP contribution in [0.25, 0.3) is 5.57 Å². The second-order valence-electron chi connectivity index (χ2n) is 5.99. The molecular weight excluding hydrogens is 371 g/mol. The van der Waals surface area contributed by atoms with E-state index in [1.54, 1.807) is 0 Å². The Morgan fingerprint density at radius 1 is 1.27 bits per heavy atom. The predicted molar refractivity (Wildman–Crippen MR) is 89.2 cm³/mol. The highest BCUT2D eigenvalue weighted by molar-refractivity contribution is 6.33. The molecule has 1 unspecified atom stereocenters. The molecule has 26 heavy (non-hydrogen) atoms. The van der Waals surface area contributed by atoms with Gasteiger partial charge in [0.25, 0.3) is 0 Å². The smallest absolute Gasteiger partial charge is 0.416 e. The van der Waals surface area contributed by atoms with Crippen molar-refractivity contribution in [3.63, 3.8) is 0 Å². The average molecular weight is 384 g/mol. The third-order valence-electron chi connectivity index (χ3n) is 4.24. The number of rotatable bonds is 2. The van der Waals surface area contributed by atoms with E-state index in [1.165, 1.54) is 36.4 Å². The van der Waals surface area contributed by atoms with Crippen LogP contribution < -0.4 is 0 Å². The Labute approximate surface area is 151 Å². The summed E-state index contributed by atoms with van der Waals surface area (Å²) in [5.41, 5.74) is 0.649. The van der Waals surface area contributed by atoms with Crippen molar-refractivity contribution < 1.29 is 27.9 Å². The van der Waals surface area contributed by atoms with E-state index >= 15 is 0 Å². The summed E-state index contributed by atoms with van der Waals surface area (Å²) in [6.07, 6.45) is -1.48. The Balaban J connectivity index is 2.19. The molecule has 136 valence electrons. The highest BCUT2D eigenvalue weighted by Crippen LogP contribution is 2.42. The number of benzene rings is 1. The number of alkyl halides is 4. The third kappa shape index (κ3) is 3.14. The van der Waals surface area contributed by atoms with E-state index in [4.69, 9.17) is 11.6 Å². The number of carbonyl (C=O) groups excluding carboxylic acids is 1. The van der Waals surface area contributed by atoms with Crippen LogP contribution in [0.5, 0.6) is 0 Å². The van der Waals surface area contributed by atoms with Gasteiger partial charge in [0.2, 0.25) is 0 Å². The van der Waals surface area contributed by atoms with Crippen molar-refractivity contribution in [1.82, 2.24) is 4.90 Å². The lowest BCUT2D eigenvalue weighted by atomic mass is 9.82. The fourth-order valence-corrected chi connectivity index (χ4v) is 3.27. The molecule has 4 nitrogen and oxygen atoms in total. The van der Waals surface area contributed by atoms with E-state index in [0.29, 0.717) is 16.7 Å². The van der Waals surface area contributed by atoms with Gasteiger partial charge in [-0.15, -0.1) is 11.6 Å². The number of carboxylic acids is 1. The number of hydrogen-bond donors (Lipinski definition) is 1. The molecule has 1 heterocycles. The fraction of sp³-hybridized carbons (Fsp3) is 0.222. The minimum Gasteiger partial charge on any atom is -0.477 e. The summed E-state index contributed by atoms with van der Waals surface area (Å²) in [6, 6.07) is 4.23. The number of carboxylic acid groups (broad SMARTS) is 1. The number of carbonyl (C=O) groups is 2. The Bertz CT molecular complexity index is 882. The molecule has 0 saturated carbocycles. The van der Waals surface area contributed by atoms with Crippen molar-refractivity contribution in [2.75, 3.05) is 7.05 Å². The molecule has 0 fully saturated rings. The van der Waals surface area contributed by atoms with Crippen LogP contribution in [0.1, 0.15) is 17.5 Å². The highest BCUT2D eigenvalue weighted by Gasteiger charge is 2.35. The molecule has 3 rings (SSSR count). The lowest BCUT2D eigenvalue weighted by Gasteiger charge is -2.31. The van der Waals surface area contributed by atoms with E-state index in [2.05, 4.69) is 0 Å². The second-order valence-corrected chi connectivity index (χ2v) is 6.46. The van der Waals surface area contributed by atoms with Gasteiger partial charge in [-0.05, 0) is 28.8 Å². The van der Waals surface area contributed by atoms with Gasteiger partial charge < -0.3 is 10.0 Å². The molecule has 0 bridgehead atoms. The molecule has 2 aliphatic rings. The molecule has 1 aliphatic heterocycles. The number of halogens is 4. The number of ketones is 1. The molecule has 0 aromatic heterocycles. The summed E-state index contributed by atoms with van der Waals surface area (Å²) >= 11 is 6.00. The van der Waals surface area contributed by atoms with E-state index in [1.807, 2.05) is 0 Å². The first-order valence-electron chi connectivity index (χ1n) is 7.57. The SMILES string of the molecule is CN1C=C2CC(=O)C(Cl)C=C2C(c2ccc(C(F)(F)F)cc2)=C1C(=O)O. The zero-order valence-corrected chi connectivity index (χ0v) is 14.2.